The number of carbonyl (C=O) groups is 1. The molecule has 5 heteroatoms. The highest BCUT2D eigenvalue weighted by molar-refractivity contribution is 9.10. The maximum Gasteiger partial charge on any atom is 0.220 e. The van der Waals surface area contributed by atoms with E-state index in [1.807, 2.05) is 10.9 Å². The van der Waals surface area contributed by atoms with Crippen LogP contribution in [0.1, 0.15) is 32.1 Å². The van der Waals surface area contributed by atoms with Crippen molar-refractivity contribution in [1.82, 2.24) is 15.1 Å². The molecule has 2 fully saturated rings. The minimum atomic E-state index is 0.212. The number of rotatable bonds is 5. The van der Waals surface area contributed by atoms with Crippen molar-refractivity contribution < 1.29 is 4.79 Å². The zero-order valence-electron chi connectivity index (χ0n) is 11.0. The Hall–Kier alpha value is -0.840. The summed E-state index contributed by atoms with van der Waals surface area (Å²) in [7, 11) is 0. The van der Waals surface area contributed by atoms with Crippen LogP contribution >= 0.6 is 15.9 Å². The van der Waals surface area contributed by atoms with E-state index in [1.54, 1.807) is 6.20 Å². The zero-order chi connectivity index (χ0) is 13.2. The van der Waals surface area contributed by atoms with Crippen molar-refractivity contribution in [3.05, 3.63) is 16.9 Å². The molecule has 1 heterocycles. The zero-order valence-corrected chi connectivity index (χ0v) is 12.6. The fraction of sp³-hybridized carbons (Fsp3) is 0.714. The van der Waals surface area contributed by atoms with Gasteiger partial charge in [-0.1, -0.05) is 6.42 Å². The van der Waals surface area contributed by atoms with Crippen LogP contribution in [0.15, 0.2) is 16.9 Å². The van der Waals surface area contributed by atoms with Crippen molar-refractivity contribution in [2.75, 3.05) is 6.54 Å². The van der Waals surface area contributed by atoms with Gasteiger partial charge in [-0.05, 0) is 52.9 Å². The predicted octanol–water partition coefficient (Wildman–Crippen LogP) is 2.59. The molecular weight excluding hydrogens is 306 g/mol. The van der Waals surface area contributed by atoms with E-state index in [0.717, 1.165) is 29.3 Å². The first kappa shape index (κ1) is 13.2. The molecule has 2 saturated carbocycles. The van der Waals surface area contributed by atoms with Gasteiger partial charge in [0, 0.05) is 19.2 Å². The molecule has 1 aromatic heterocycles. The number of hydrogen-bond donors (Lipinski definition) is 1. The summed E-state index contributed by atoms with van der Waals surface area (Å²) in [4.78, 5) is 11.9. The highest BCUT2D eigenvalue weighted by Gasteiger charge is 2.39. The van der Waals surface area contributed by atoms with Crippen LogP contribution in [0.2, 0.25) is 0 Å². The van der Waals surface area contributed by atoms with Crippen LogP contribution in [0.25, 0.3) is 0 Å². The predicted molar refractivity (Wildman–Crippen MR) is 76.5 cm³/mol. The fourth-order valence-electron chi connectivity index (χ4n) is 3.71. The summed E-state index contributed by atoms with van der Waals surface area (Å²) in [5.74, 6) is 2.61. The van der Waals surface area contributed by atoms with Gasteiger partial charge in [0.2, 0.25) is 5.91 Å². The quantitative estimate of drug-likeness (QED) is 0.904. The van der Waals surface area contributed by atoms with Crippen molar-refractivity contribution in [3.63, 3.8) is 0 Å². The SMILES string of the molecule is O=C(CC1CC2CCC1C2)NCCn1cc(Br)cn1. The average molecular weight is 326 g/mol. The molecule has 2 aliphatic carbocycles. The van der Waals surface area contributed by atoms with E-state index < -0.39 is 0 Å². The Labute approximate surface area is 122 Å². The van der Waals surface area contributed by atoms with Crippen LogP contribution in [0.4, 0.5) is 0 Å². The van der Waals surface area contributed by atoms with Crippen LogP contribution in [0, 0.1) is 17.8 Å². The number of carbonyl (C=O) groups excluding carboxylic acids is 1. The Morgan fingerprint density at radius 2 is 2.37 bits per heavy atom. The summed E-state index contributed by atoms with van der Waals surface area (Å²) in [6.07, 6.45) is 9.81. The number of hydrogen-bond acceptors (Lipinski definition) is 2. The van der Waals surface area contributed by atoms with Gasteiger partial charge < -0.3 is 5.32 Å². The molecule has 4 nitrogen and oxygen atoms in total. The molecule has 2 aliphatic rings. The Morgan fingerprint density at radius 1 is 1.47 bits per heavy atom. The fourth-order valence-corrected chi connectivity index (χ4v) is 4.04. The molecule has 3 rings (SSSR count). The van der Waals surface area contributed by atoms with E-state index >= 15 is 0 Å². The number of nitrogens with one attached hydrogen (secondary N) is 1. The molecule has 3 atom stereocenters. The average Bonchev–Trinajstić information content (AvgIpc) is 3.06. The second kappa shape index (κ2) is 5.65. The summed E-state index contributed by atoms with van der Waals surface area (Å²) in [5.41, 5.74) is 0. The number of amides is 1. The van der Waals surface area contributed by atoms with Gasteiger partial charge in [-0.2, -0.15) is 5.10 Å². The van der Waals surface area contributed by atoms with E-state index in [9.17, 15) is 4.79 Å². The molecule has 19 heavy (non-hydrogen) atoms. The second-order valence-electron chi connectivity index (χ2n) is 5.91. The summed E-state index contributed by atoms with van der Waals surface area (Å²) in [6, 6.07) is 0. The summed E-state index contributed by atoms with van der Waals surface area (Å²) >= 11 is 3.36. The van der Waals surface area contributed by atoms with Crippen LogP contribution in [0.3, 0.4) is 0 Å². The molecule has 0 saturated heterocycles. The lowest BCUT2D eigenvalue weighted by Crippen LogP contribution is -2.30. The van der Waals surface area contributed by atoms with Crippen molar-refractivity contribution in [3.8, 4) is 0 Å². The topological polar surface area (TPSA) is 46.9 Å². The van der Waals surface area contributed by atoms with Gasteiger partial charge in [-0.3, -0.25) is 9.48 Å². The van der Waals surface area contributed by atoms with E-state index in [1.165, 1.54) is 25.7 Å². The smallest absolute Gasteiger partial charge is 0.220 e. The lowest BCUT2D eigenvalue weighted by molar-refractivity contribution is -0.122. The third-order valence-electron chi connectivity index (χ3n) is 4.60. The molecule has 0 radical (unpaired) electrons. The Kier molecular flexibility index (Phi) is 3.91. The van der Waals surface area contributed by atoms with Crippen molar-refractivity contribution in [2.24, 2.45) is 17.8 Å². The maximum absolute atomic E-state index is 11.9. The number of nitrogens with zero attached hydrogens (tertiary/aromatic N) is 2. The highest BCUT2D eigenvalue weighted by atomic mass is 79.9. The Morgan fingerprint density at radius 3 is 3.00 bits per heavy atom. The van der Waals surface area contributed by atoms with Crippen LogP contribution < -0.4 is 5.32 Å². The largest absolute Gasteiger partial charge is 0.354 e. The Bertz CT molecular complexity index is 459. The van der Waals surface area contributed by atoms with Gasteiger partial charge in [0.1, 0.15) is 0 Å². The van der Waals surface area contributed by atoms with Crippen molar-refractivity contribution in [1.29, 1.82) is 0 Å². The lowest BCUT2D eigenvalue weighted by atomic mass is 9.86. The molecule has 1 amide bonds. The number of fused-ring (bicyclic) bond motifs is 2. The van der Waals surface area contributed by atoms with Crippen LogP contribution in [0.5, 0.6) is 0 Å². The van der Waals surface area contributed by atoms with Crippen molar-refractivity contribution in [2.45, 2.75) is 38.6 Å². The number of aromatic nitrogens is 2. The van der Waals surface area contributed by atoms with E-state index in [-0.39, 0.29) is 5.91 Å². The molecular formula is C14H20BrN3O. The first-order chi connectivity index (χ1) is 9.20. The molecule has 104 valence electrons. The van der Waals surface area contributed by atoms with Crippen LogP contribution in [-0.2, 0) is 11.3 Å². The first-order valence-corrected chi connectivity index (χ1v) is 7.94. The molecule has 3 unspecified atom stereocenters. The minimum Gasteiger partial charge on any atom is -0.354 e. The monoisotopic (exact) mass is 325 g/mol. The molecule has 0 aromatic carbocycles. The second-order valence-corrected chi connectivity index (χ2v) is 6.83. The Balaban J connectivity index is 1.37. The van der Waals surface area contributed by atoms with E-state index in [0.29, 0.717) is 12.5 Å². The third kappa shape index (κ3) is 3.19. The van der Waals surface area contributed by atoms with Crippen LogP contribution in [-0.4, -0.2) is 22.2 Å². The summed E-state index contributed by atoms with van der Waals surface area (Å²) in [5, 5.41) is 7.18. The maximum atomic E-state index is 11.9. The number of halogens is 1. The van der Waals surface area contributed by atoms with Gasteiger partial charge in [-0.25, -0.2) is 0 Å². The summed E-state index contributed by atoms with van der Waals surface area (Å²) in [6.45, 7) is 1.39. The molecule has 1 N–H and O–H groups in total. The highest BCUT2D eigenvalue weighted by Crippen LogP contribution is 2.49. The minimum absolute atomic E-state index is 0.212. The van der Waals surface area contributed by atoms with Gasteiger partial charge in [0.05, 0.1) is 17.2 Å². The normalized spacial score (nSPS) is 28.8. The molecule has 0 aliphatic heterocycles. The molecule has 0 spiro atoms. The van der Waals surface area contributed by atoms with Gasteiger partial charge >= 0.3 is 0 Å². The van der Waals surface area contributed by atoms with E-state index in [4.69, 9.17) is 0 Å². The van der Waals surface area contributed by atoms with E-state index in [2.05, 4.69) is 26.3 Å². The standard InChI is InChI=1S/C14H20BrN3O/c15-13-8-17-18(9-13)4-3-16-14(19)7-12-6-10-1-2-11(12)5-10/h8-12H,1-7H2,(H,16,19). The van der Waals surface area contributed by atoms with Gasteiger partial charge in [-0.15, -0.1) is 0 Å². The van der Waals surface area contributed by atoms with Crippen molar-refractivity contribution >= 4 is 21.8 Å². The first-order valence-electron chi connectivity index (χ1n) is 7.15. The van der Waals surface area contributed by atoms with Gasteiger partial charge in [0.15, 0.2) is 0 Å². The molecule has 2 bridgehead atoms. The third-order valence-corrected chi connectivity index (χ3v) is 5.01. The molecule has 1 aromatic rings. The summed E-state index contributed by atoms with van der Waals surface area (Å²) < 4.78 is 2.81. The van der Waals surface area contributed by atoms with Gasteiger partial charge in [0.25, 0.3) is 0 Å². The lowest BCUT2D eigenvalue weighted by Gasteiger charge is -2.20.